The maximum Gasteiger partial charge on any atom is 0.511 e. The highest BCUT2D eigenvalue weighted by molar-refractivity contribution is 5.77. The van der Waals surface area contributed by atoms with Crippen LogP contribution >= 0.6 is 0 Å². The Labute approximate surface area is 107 Å². The van der Waals surface area contributed by atoms with Gasteiger partial charge in [0.1, 0.15) is 11.1 Å². The standard InChI is InChI=1S/C9H15N3O7/c1-6(2)18-9(15)16-5-17-12-11(19-12)10-4-3-7(10)8(13)14/h6-7H,3-5H2,1-2H3,(H,13,14). The summed E-state index contributed by atoms with van der Waals surface area (Å²) in [5.74, 6) is -0.932. The van der Waals surface area contributed by atoms with Gasteiger partial charge in [0.25, 0.3) is 6.79 Å². The molecule has 1 aromatic heterocycles. The number of carbonyl (C=O) groups is 2. The molecule has 2 heterocycles. The molecule has 1 unspecified atom stereocenters. The van der Waals surface area contributed by atoms with Gasteiger partial charge in [0.05, 0.1) is 11.1 Å². The molecular formula is C9H15N3O7. The maximum atomic E-state index is 11.0. The Balaban J connectivity index is 1.67. The van der Waals surface area contributed by atoms with E-state index in [0.717, 1.165) is 9.98 Å². The Bertz CT molecular complexity index is 446. The van der Waals surface area contributed by atoms with E-state index in [1.807, 2.05) is 0 Å². The van der Waals surface area contributed by atoms with Gasteiger partial charge >= 0.3 is 12.1 Å². The maximum absolute atomic E-state index is 11.0. The number of rotatable bonds is 6. The first-order valence-electron chi connectivity index (χ1n) is 5.73. The first-order chi connectivity index (χ1) is 8.99. The van der Waals surface area contributed by atoms with E-state index in [0.29, 0.717) is 13.0 Å². The van der Waals surface area contributed by atoms with Gasteiger partial charge in [-0.3, -0.25) is 0 Å². The quantitative estimate of drug-likeness (QED) is 0.554. The van der Waals surface area contributed by atoms with Crippen molar-refractivity contribution in [3.63, 3.8) is 0 Å². The van der Waals surface area contributed by atoms with Crippen molar-refractivity contribution < 1.29 is 33.6 Å². The summed E-state index contributed by atoms with van der Waals surface area (Å²) in [6.45, 7) is 3.53. The van der Waals surface area contributed by atoms with Crippen LogP contribution in [0.5, 0.6) is 0 Å². The third-order valence-electron chi connectivity index (χ3n) is 2.43. The molecule has 1 aliphatic heterocycles. The van der Waals surface area contributed by atoms with Gasteiger partial charge in [0, 0.05) is 6.54 Å². The van der Waals surface area contributed by atoms with Crippen molar-refractivity contribution in [2.45, 2.75) is 32.4 Å². The number of ether oxygens (including phenoxy) is 2. The molecule has 1 saturated heterocycles. The summed E-state index contributed by atoms with van der Waals surface area (Å²) in [6.07, 6.45) is -0.588. The molecule has 0 amide bonds. The average molecular weight is 277 g/mol. The molecular weight excluding hydrogens is 262 g/mol. The number of hydrogen-bond donors (Lipinski definition) is 1. The number of carboxylic acids is 1. The molecule has 0 radical (unpaired) electrons. The topological polar surface area (TPSA) is 108 Å². The Hall–Kier alpha value is -2.26. The van der Waals surface area contributed by atoms with Gasteiger partial charge < -0.3 is 19.4 Å². The zero-order valence-corrected chi connectivity index (χ0v) is 10.5. The largest absolute Gasteiger partial charge is 0.511 e. The van der Waals surface area contributed by atoms with Gasteiger partial charge in [-0.05, 0) is 20.3 Å². The fourth-order valence-corrected chi connectivity index (χ4v) is 1.44. The molecule has 1 atom stereocenters. The summed E-state index contributed by atoms with van der Waals surface area (Å²) >= 11 is 0. The molecule has 10 heteroatoms. The number of aromatic nitrogens is 2. The van der Waals surface area contributed by atoms with Crippen molar-refractivity contribution in [3.05, 3.63) is 0 Å². The fourth-order valence-electron chi connectivity index (χ4n) is 1.44. The minimum absolute atomic E-state index is 0.279. The Kier molecular flexibility index (Phi) is 3.58. The highest BCUT2D eigenvalue weighted by Gasteiger charge is 2.40. The van der Waals surface area contributed by atoms with Crippen LogP contribution in [0.1, 0.15) is 20.3 Å². The number of carbonyl (C=O) groups excluding carboxylic acids is 1. The number of carboxylic acid groups (broad SMARTS) is 1. The first-order valence-corrected chi connectivity index (χ1v) is 5.73. The summed E-state index contributed by atoms with van der Waals surface area (Å²) in [6, 6.07) is -0.625. The Morgan fingerprint density at radius 1 is 1.47 bits per heavy atom. The van der Waals surface area contributed by atoms with E-state index in [2.05, 4.69) is 4.74 Å². The zero-order valence-electron chi connectivity index (χ0n) is 10.5. The molecule has 1 aliphatic rings. The summed E-state index contributed by atoms with van der Waals surface area (Å²) in [4.78, 5) is 27.8. The van der Waals surface area contributed by atoms with Crippen molar-refractivity contribution in [3.8, 4) is 0 Å². The lowest BCUT2D eigenvalue weighted by Crippen LogP contribution is -2.57. The van der Waals surface area contributed by atoms with E-state index >= 15 is 0 Å². The zero-order chi connectivity index (χ0) is 14.0. The highest BCUT2D eigenvalue weighted by atomic mass is 17.0. The molecule has 10 nitrogen and oxygen atoms in total. The minimum Gasteiger partial charge on any atom is -0.480 e. The molecule has 19 heavy (non-hydrogen) atoms. The van der Waals surface area contributed by atoms with Gasteiger partial charge in [0.2, 0.25) is 0 Å². The highest BCUT2D eigenvalue weighted by Crippen LogP contribution is 2.17. The molecule has 0 spiro atoms. The second kappa shape index (κ2) is 5.16. The summed E-state index contributed by atoms with van der Waals surface area (Å²) in [7, 11) is 0. The van der Waals surface area contributed by atoms with Gasteiger partial charge in [-0.25, -0.2) is 14.6 Å². The van der Waals surface area contributed by atoms with Crippen molar-refractivity contribution in [2.24, 2.45) is 0 Å². The predicted octanol–water partition coefficient (Wildman–Crippen LogP) is -0.375. The second-order valence-electron chi connectivity index (χ2n) is 4.19. The molecule has 0 aromatic carbocycles. The van der Waals surface area contributed by atoms with Crippen molar-refractivity contribution in [1.29, 1.82) is 0 Å². The molecule has 1 N–H and O–H groups in total. The van der Waals surface area contributed by atoms with E-state index in [1.54, 1.807) is 13.8 Å². The fraction of sp³-hybridized carbons (Fsp3) is 0.778. The van der Waals surface area contributed by atoms with E-state index in [9.17, 15) is 9.59 Å². The minimum atomic E-state index is -0.932. The van der Waals surface area contributed by atoms with E-state index in [4.69, 9.17) is 19.3 Å². The molecule has 0 bridgehead atoms. The number of nitrogens with zero attached hydrogens (tertiary/aromatic N) is 3. The number of aliphatic carboxylic acids is 1. The van der Waals surface area contributed by atoms with Crippen molar-refractivity contribution >= 4 is 12.1 Å². The SMILES string of the molecule is CC(C)OC(=O)OCOn1on1N1CCC1C(=O)O. The molecule has 0 aliphatic carbocycles. The Morgan fingerprint density at radius 2 is 2.21 bits per heavy atom. The van der Waals surface area contributed by atoms with E-state index < -0.39 is 25.0 Å². The molecule has 1 aromatic rings. The normalized spacial score (nSPS) is 18.3. The molecule has 2 rings (SSSR count). The van der Waals surface area contributed by atoms with Crippen LogP contribution in [-0.2, 0) is 14.3 Å². The first kappa shape index (κ1) is 13.2. The monoisotopic (exact) mass is 277 g/mol. The van der Waals surface area contributed by atoms with Crippen molar-refractivity contribution in [2.75, 3.05) is 18.3 Å². The van der Waals surface area contributed by atoms with E-state index in [-0.39, 0.29) is 6.10 Å². The van der Waals surface area contributed by atoms with Crippen LogP contribution in [0.3, 0.4) is 0 Å². The lowest BCUT2D eigenvalue weighted by molar-refractivity contribution is -0.141. The predicted molar refractivity (Wildman–Crippen MR) is 58.0 cm³/mol. The molecule has 0 saturated carbocycles. The van der Waals surface area contributed by atoms with Gasteiger partial charge in [-0.15, -0.1) is 0 Å². The number of hydrogen-bond acceptors (Lipinski definition) is 7. The second-order valence-corrected chi connectivity index (χ2v) is 4.19. The summed E-state index contributed by atoms with van der Waals surface area (Å²) in [5.41, 5.74) is 0. The molecule has 108 valence electrons. The van der Waals surface area contributed by atoms with E-state index in [1.165, 1.54) is 5.01 Å². The van der Waals surface area contributed by atoms with Crippen LogP contribution in [0.15, 0.2) is 4.63 Å². The summed E-state index contributed by atoms with van der Waals surface area (Å²) < 4.78 is 14.1. The van der Waals surface area contributed by atoms with Gasteiger partial charge in [0.15, 0.2) is 0 Å². The van der Waals surface area contributed by atoms with Gasteiger partial charge in [-0.2, -0.15) is 4.63 Å². The van der Waals surface area contributed by atoms with Crippen LogP contribution in [-0.4, -0.2) is 52.7 Å². The van der Waals surface area contributed by atoms with Crippen LogP contribution < -0.4 is 9.85 Å². The van der Waals surface area contributed by atoms with Crippen LogP contribution in [0, 0.1) is 0 Å². The van der Waals surface area contributed by atoms with Gasteiger partial charge in [-0.1, -0.05) is 0 Å². The third kappa shape index (κ3) is 3.14. The summed E-state index contributed by atoms with van der Waals surface area (Å²) in [5, 5.41) is 11.2. The van der Waals surface area contributed by atoms with Crippen LogP contribution in [0.2, 0.25) is 0 Å². The van der Waals surface area contributed by atoms with Crippen LogP contribution in [0.4, 0.5) is 4.79 Å². The lowest BCUT2D eigenvalue weighted by Gasteiger charge is -2.33. The molecule has 1 fully saturated rings. The average Bonchev–Trinajstić information content (AvgIpc) is 2.93. The van der Waals surface area contributed by atoms with Crippen molar-refractivity contribution in [1.82, 2.24) is 9.98 Å². The third-order valence-corrected chi connectivity index (χ3v) is 2.43. The lowest BCUT2D eigenvalue weighted by atomic mass is 10.1. The van der Waals surface area contributed by atoms with Crippen LogP contribution in [0.25, 0.3) is 0 Å². The smallest absolute Gasteiger partial charge is 0.480 e. The Morgan fingerprint density at radius 3 is 2.74 bits per heavy atom.